The molecule has 1 aromatic rings. The van der Waals surface area contributed by atoms with Gasteiger partial charge < -0.3 is 9.47 Å². The van der Waals surface area contributed by atoms with Gasteiger partial charge in [-0.1, -0.05) is 0 Å². The molecule has 0 amide bonds. The van der Waals surface area contributed by atoms with Crippen LogP contribution in [-0.2, 0) is 0 Å². The molecular weight excluding hydrogens is 240 g/mol. The maximum absolute atomic E-state index is 12.0. The zero-order chi connectivity index (χ0) is 14.1. The van der Waals surface area contributed by atoms with Crippen molar-refractivity contribution in [1.82, 2.24) is 0 Å². The summed E-state index contributed by atoms with van der Waals surface area (Å²) in [7, 11) is 0. The molecule has 0 saturated carbocycles. The van der Waals surface area contributed by atoms with Crippen LogP contribution in [0.3, 0.4) is 0 Å². The van der Waals surface area contributed by atoms with Crippen LogP contribution in [-0.4, -0.2) is 19.0 Å². The van der Waals surface area contributed by atoms with Crippen molar-refractivity contribution in [3.63, 3.8) is 0 Å². The van der Waals surface area contributed by atoms with E-state index in [0.717, 1.165) is 0 Å². The number of carbonyl (C=O) groups excluding carboxylic acids is 1. The summed E-state index contributed by atoms with van der Waals surface area (Å²) >= 11 is 0. The Bertz CT molecular complexity index is 458. The summed E-state index contributed by atoms with van der Waals surface area (Å²) in [4.78, 5) is 12.0. The minimum absolute atomic E-state index is 0.0826. The minimum Gasteiger partial charge on any atom is -0.490 e. The van der Waals surface area contributed by atoms with Crippen LogP contribution in [0, 0.1) is 12.3 Å². The summed E-state index contributed by atoms with van der Waals surface area (Å²) in [6.07, 6.45) is 6.98. The largest absolute Gasteiger partial charge is 0.490 e. The van der Waals surface area contributed by atoms with Crippen LogP contribution in [0.15, 0.2) is 18.2 Å². The Morgan fingerprint density at radius 1 is 1.21 bits per heavy atom. The molecule has 19 heavy (non-hydrogen) atoms. The average Bonchev–Trinajstić information content (AvgIpc) is 2.41. The van der Waals surface area contributed by atoms with Gasteiger partial charge in [-0.05, 0) is 38.5 Å². The van der Waals surface area contributed by atoms with E-state index in [-0.39, 0.29) is 5.78 Å². The lowest BCUT2D eigenvalue weighted by Gasteiger charge is -2.12. The molecule has 0 aliphatic rings. The number of terminal acetylenes is 1. The summed E-state index contributed by atoms with van der Waals surface area (Å²) in [5.41, 5.74) is 0.643. The van der Waals surface area contributed by atoms with E-state index >= 15 is 0 Å². The number of unbranched alkanes of at least 4 members (excludes halogenated alkanes) is 1. The van der Waals surface area contributed by atoms with Crippen molar-refractivity contribution in [2.24, 2.45) is 0 Å². The van der Waals surface area contributed by atoms with Crippen molar-refractivity contribution in [3.05, 3.63) is 23.8 Å². The summed E-state index contributed by atoms with van der Waals surface area (Å²) in [6.45, 7) is 4.91. The van der Waals surface area contributed by atoms with Crippen molar-refractivity contribution < 1.29 is 14.3 Å². The predicted octanol–water partition coefficient (Wildman–Crippen LogP) is 3.47. The number of hydrogen-bond donors (Lipinski definition) is 0. The van der Waals surface area contributed by atoms with E-state index in [0.29, 0.717) is 49.5 Å². The summed E-state index contributed by atoms with van der Waals surface area (Å²) < 4.78 is 11.0. The molecule has 0 saturated heterocycles. The number of carbonyl (C=O) groups is 1. The Balaban J connectivity index is 2.82. The molecule has 0 atom stereocenters. The van der Waals surface area contributed by atoms with Gasteiger partial charge in [-0.15, -0.1) is 12.3 Å². The van der Waals surface area contributed by atoms with Crippen molar-refractivity contribution in [2.75, 3.05) is 13.2 Å². The third-order valence-electron chi connectivity index (χ3n) is 2.59. The molecule has 0 N–H and O–H groups in total. The molecule has 0 bridgehead atoms. The topological polar surface area (TPSA) is 35.5 Å². The first-order chi connectivity index (χ1) is 9.22. The molecule has 102 valence electrons. The molecule has 0 spiro atoms. The van der Waals surface area contributed by atoms with Crippen LogP contribution in [0.5, 0.6) is 11.5 Å². The second-order valence-corrected chi connectivity index (χ2v) is 4.01. The molecule has 0 fully saturated rings. The van der Waals surface area contributed by atoms with E-state index in [1.165, 1.54) is 0 Å². The van der Waals surface area contributed by atoms with Crippen molar-refractivity contribution in [2.45, 2.75) is 33.1 Å². The van der Waals surface area contributed by atoms with Gasteiger partial charge in [-0.3, -0.25) is 4.79 Å². The highest BCUT2D eigenvalue weighted by atomic mass is 16.5. The zero-order valence-electron chi connectivity index (χ0n) is 11.6. The SMILES string of the molecule is C#CCCCC(=O)c1ccc(OCC)c(OCC)c1. The summed E-state index contributed by atoms with van der Waals surface area (Å²) in [5, 5.41) is 0. The number of benzene rings is 1. The van der Waals surface area contributed by atoms with Crippen molar-refractivity contribution in [3.8, 4) is 23.8 Å². The average molecular weight is 260 g/mol. The second-order valence-electron chi connectivity index (χ2n) is 4.01. The lowest BCUT2D eigenvalue weighted by molar-refractivity contribution is 0.0980. The fraction of sp³-hybridized carbons (Fsp3) is 0.438. The molecule has 0 aromatic heterocycles. The van der Waals surface area contributed by atoms with E-state index in [4.69, 9.17) is 15.9 Å². The number of ketones is 1. The lowest BCUT2D eigenvalue weighted by Crippen LogP contribution is -2.03. The Morgan fingerprint density at radius 2 is 1.89 bits per heavy atom. The first kappa shape index (κ1) is 15.1. The van der Waals surface area contributed by atoms with Crippen LogP contribution < -0.4 is 9.47 Å². The van der Waals surface area contributed by atoms with Gasteiger partial charge in [0, 0.05) is 18.4 Å². The van der Waals surface area contributed by atoms with Gasteiger partial charge in [0.1, 0.15) is 0 Å². The molecule has 0 heterocycles. The summed E-state index contributed by atoms with van der Waals surface area (Å²) in [6, 6.07) is 5.29. The Morgan fingerprint density at radius 3 is 2.53 bits per heavy atom. The van der Waals surface area contributed by atoms with E-state index in [9.17, 15) is 4.79 Å². The van der Waals surface area contributed by atoms with Crippen LogP contribution in [0.4, 0.5) is 0 Å². The molecular formula is C16H20O3. The molecule has 1 aromatic carbocycles. The van der Waals surface area contributed by atoms with Gasteiger partial charge in [-0.25, -0.2) is 0 Å². The first-order valence-corrected chi connectivity index (χ1v) is 6.59. The molecule has 3 heteroatoms. The highest BCUT2D eigenvalue weighted by Crippen LogP contribution is 2.29. The standard InChI is InChI=1S/C16H20O3/c1-4-7-8-9-14(17)13-10-11-15(18-5-2)16(12-13)19-6-3/h1,10-12H,5-9H2,2-3H3. The lowest BCUT2D eigenvalue weighted by atomic mass is 10.0. The maximum Gasteiger partial charge on any atom is 0.163 e. The Kier molecular flexibility index (Phi) is 6.52. The van der Waals surface area contributed by atoms with Crippen LogP contribution in [0.25, 0.3) is 0 Å². The molecule has 0 aliphatic carbocycles. The highest BCUT2D eigenvalue weighted by Gasteiger charge is 2.11. The minimum atomic E-state index is 0.0826. The second kappa shape index (κ2) is 8.20. The maximum atomic E-state index is 12.0. The monoisotopic (exact) mass is 260 g/mol. The van der Waals surface area contributed by atoms with Crippen LogP contribution >= 0.6 is 0 Å². The third-order valence-corrected chi connectivity index (χ3v) is 2.59. The van der Waals surface area contributed by atoms with Gasteiger partial charge in [0.25, 0.3) is 0 Å². The number of rotatable bonds is 8. The third kappa shape index (κ3) is 4.67. The van der Waals surface area contributed by atoms with Gasteiger partial charge >= 0.3 is 0 Å². The van der Waals surface area contributed by atoms with Crippen LogP contribution in [0.1, 0.15) is 43.5 Å². The van der Waals surface area contributed by atoms with Crippen molar-refractivity contribution >= 4 is 5.78 Å². The number of hydrogen-bond acceptors (Lipinski definition) is 3. The molecule has 0 unspecified atom stereocenters. The number of ether oxygens (including phenoxy) is 2. The molecule has 1 rings (SSSR count). The normalized spacial score (nSPS) is 9.74. The van der Waals surface area contributed by atoms with Gasteiger partial charge in [-0.2, -0.15) is 0 Å². The fourth-order valence-electron chi connectivity index (χ4n) is 1.72. The summed E-state index contributed by atoms with van der Waals surface area (Å²) in [5.74, 6) is 3.91. The molecule has 0 aliphatic heterocycles. The Hall–Kier alpha value is -1.95. The molecule has 3 nitrogen and oxygen atoms in total. The fourth-order valence-corrected chi connectivity index (χ4v) is 1.72. The highest BCUT2D eigenvalue weighted by molar-refractivity contribution is 5.96. The van der Waals surface area contributed by atoms with E-state index in [2.05, 4.69) is 5.92 Å². The van der Waals surface area contributed by atoms with Gasteiger partial charge in [0.2, 0.25) is 0 Å². The van der Waals surface area contributed by atoms with E-state index in [1.807, 2.05) is 13.8 Å². The van der Waals surface area contributed by atoms with E-state index < -0.39 is 0 Å². The zero-order valence-corrected chi connectivity index (χ0v) is 11.6. The first-order valence-electron chi connectivity index (χ1n) is 6.59. The van der Waals surface area contributed by atoms with E-state index in [1.54, 1.807) is 18.2 Å². The van der Waals surface area contributed by atoms with Crippen LogP contribution in [0.2, 0.25) is 0 Å². The Labute approximate surface area is 114 Å². The molecule has 0 radical (unpaired) electrons. The van der Waals surface area contributed by atoms with Gasteiger partial charge in [0.15, 0.2) is 17.3 Å². The number of Topliss-reactive ketones (excluding diaryl/α,β-unsaturated/α-hetero) is 1. The van der Waals surface area contributed by atoms with Gasteiger partial charge in [0.05, 0.1) is 13.2 Å². The smallest absolute Gasteiger partial charge is 0.163 e. The quantitative estimate of drug-likeness (QED) is 0.408. The van der Waals surface area contributed by atoms with Crippen molar-refractivity contribution in [1.29, 1.82) is 0 Å². The predicted molar refractivity (Wildman–Crippen MR) is 75.8 cm³/mol.